The van der Waals surface area contributed by atoms with Crippen LogP contribution in [0, 0.1) is 0 Å². The summed E-state index contributed by atoms with van der Waals surface area (Å²) < 4.78 is 0. The van der Waals surface area contributed by atoms with E-state index in [9.17, 15) is 0 Å². The summed E-state index contributed by atoms with van der Waals surface area (Å²) in [4.78, 5) is 2.28. The SMILES string of the molecule is NC(N)=NNC1CCN(c2ccc(N)cc2)C1. The normalized spacial score (nSPS) is 19.1. The zero-order valence-corrected chi connectivity index (χ0v) is 9.63. The average molecular weight is 234 g/mol. The minimum atomic E-state index is 0.0657. The van der Waals surface area contributed by atoms with E-state index >= 15 is 0 Å². The second-order valence-electron chi connectivity index (χ2n) is 4.19. The quantitative estimate of drug-likeness (QED) is 0.247. The predicted octanol–water partition coefficient (Wildman–Crippen LogP) is -0.374. The lowest BCUT2D eigenvalue weighted by atomic mass is 10.2. The molecule has 0 aliphatic carbocycles. The van der Waals surface area contributed by atoms with Crippen LogP contribution in [-0.2, 0) is 0 Å². The minimum absolute atomic E-state index is 0.0657. The number of nitrogens with one attached hydrogen (secondary N) is 1. The highest BCUT2D eigenvalue weighted by atomic mass is 15.4. The Labute approximate surface area is 100 Å². The van der Waals surface area contributed by atoms with Crippen LogP contribution in [0.15, 0.2) is 29.4 Å². The number of hydrogen-bond acceptors (Lipinski definition) is 4. The highest BCUT2D eigenvalue weighted by Crippen LogP contribution is 2.21. The van der Waals surface area contributed by atoms with Crippen molar-refractivity contribution in [1.82, 2.24) is 5.43 Å². The molecule has 6 nitrogen and oxygen atoms in total. The molecule has 1 aliphatic heterocycles. The zero-order valence-electron chi connectivity index (χ0n) is 9.63. The van der Waals surface area contributed by atoms with E-state index < -0.39 is 0 Å². The number of anilines is 2. The van der Waals surface area contributed by atoms with Crippen LogP contribution >= 0.6 is 0 Å². The van der Waals surface area contributed by atoms with Gasteiger partial charge in [-0.25, -0.2) is 0 Å². The monoisotopic (exact) mass is 234 g/mol. The highest BCUT2D eigenvalue weighted by Gasteiger charge is 2.22. The van der Waals surface area contributed by atoms with Gasteiger partial charge < -0.3 is 27.5 Å². The lowest BCUT2D eigenvalue weighted by Crippen LogP contribution is -2.33. The Morgan fingerprint density at radius 2 is 2.00 bits per heavy atom. The van der Waals surface area contributed by atoms with E-state index in [2.05, 4.69) is 15.4 Å². The molecule has 1 aliphatic rings. The number of nitrogen functional groups attached to an aromatic ring is 1. The summed E-state index contributed by atoms with van der Waals surface area (Å²) in [5, 5.41) is 3.82. The first kappa shape index (κ1) is 11.4. The molecule has 17 heavy (non-hydrogen) atoms. The summed E-state index contributed by atoms with van der Waals surface area (Å²) in [6.07, 6.45) is 1.02. The molecule has 1 unspecified atom stereocenters. The third kappa shape index (κ3) is 2.93. The Balaban J connectivity index is 1.93. The molecule has 0 radical (unpaired) electrons. The van der Waals surface area contributed by atoms with Crippen molar-refractivity contribution in [2.24, 2.45) is 16.6 Å². The standard InChI is InChI=1S/C11H18N6/c12-8-1-3-10(4-2-8)17-6-5-9(7-17)15-16-11(13)14/h1-4,9,15H,5-7,12H2,(H4,13,14,16). The van der Waals surface area contributed by atoms with E-state index in [1.54, 1.807) is 0 Å². The molecule has 7 N–H and O–H groups in total. The van der Waals surface area contributed by atoms with Gasteiger partial charge in [0, 0.05) is 24.5 Å². The van der Waals surface area contributed by atoms with Crippen molar-refractivity contribution in [3.8, 4) is 0 Å². The van der Waals surface area contributed by atoms with Crippen LogP contribution in [0.25, 0.3) is 0 Å². The molecule has 1 fully saturated rings. The predicted molar refractivity (Wildman–Crippen MR) is 70.4 cm³/mol. The molecular weight excluding hydrogens is 216 g/mol. The summed E-state index contributed by atoms with van der Waals surface area (Å²) >= 11 is 0. The van der Waals surface area contributed by atoms with Crippen LogP contribution in [0.5, 0.6) is 0 Å². The molecule has 92 valence electrons. The van der Waals surface area contributed by atoms with Crippen LogP contribution in [0.1, 0.15) is 6.42 Å². The second-order valence-corrected chi connectivity index (χ2v) is 4.19. The fourth-order valence-corrected chi connectivity index (χ4v) is 1.95. The van der Waals surface area contributed by atoms with Gasteiger partial charge in [-0.05, 0) is 30.7 Å². The molecule has 1 aromatic rings. The van der Waals surface area contributed by atoms with Gasteiger partial charge in [0.05, 0.1) is 6.04 Å². The molecule has 1 saturated heterocycles. The van der Waals surface area contributed by atoms with E-state index in [4.69, 9.17) is 17.2 Å². The van der Waals surface area contributed by atoms with Crippen LogP contribution in [0.3, 0.4) is 0 Å². The number of rotatable bonds is 3. The number of benzene rings is 1. The summed E-state index contributed by atoms with van der Waals surface area (Å²) in [5.74, 6) is 0.0657. The van der Waals surface area contributed by atoms with Gasteiger partial charge in [-0.3, -0.25) is 0 Å². The van der Waals surface area contributed by atoms with Gasteiger partial charge in [0.1, 0.15) is 0 Å². The molecule has 0 amide bonds. The van der Waals surface area contributed by atoms with Gasteiger partial charge in [-0.2, -0.15) is 0 Å². The number of nitrogens with zero attached hydrogens (tertiary/aromatic N) is 2. The fraction of sp³-hybridized carbons (Fsp3) is 0.364. The van der Waals surface area contributed by atoms with Crippen molar-refractivity contribution in [2.45, 2.75) is 12.5 Å². The number of guanidine groups is 1. The summed E-state index contributed by atoms with van der Waals surface area (Å²) in [7, 11) is 0. The summed E-state index contributed by atoms with van der Waals surface area (Å²) in [6.45, 7) is 1.88. The molecule has 0 aromatic heterocycles. The van der Waals surface area contributed by atoms with Gasteiger partial charge >= 0.3 is 0 Å². The molecule has 0 spiro atoms. The third-order valence-electron chi connectivity index (χ3n) is 2.82. The highest BCUT2D eigenvalue weighted by molar-refractivity contribution is 5.75. The van der Waals surface area contributed by atoms with Crippen LogP contribution in [-0.4, -0.2) is 25.1 Å². The molecule has 0 bridgehead atoms. The maximum absolute atomic E-state index is 5.66. The van der Waals surface area contributed by atoms with E-state index in [1.165, 1.54) is 5.69 Å². The van der Waals surface area contributed by atoms with Crippen molar-refractivity contribution in [3.05, 3.63) is 24.3 Å². The van der Waals surface area contributed by atoms with Gasteiger partial charge in [0.15, 0.2) is 0 Å². The molecular formula is C11H18N6. The Bertz CT molecular complexity index is 395. The number of hydrazone groups is 1. The van der Waals surface area contributed by atoms with E-state index in [0.717, 1.165) is 25.2 Å². The van der Waals surface area contributed by atoms with Gasteiger partial charge in [0.2, 0.25) is 5.96 Å². The maximum atomic E-state index is 5.66. The van der Waals surface area contributed by atoms with E-state index in [-0.39, 0.29) is 12.0 Å². The van der Waals surface area contributed by atoms with Crippen molar-refractivity contribution in [2.75, 3.05) is 23.7 Å². The molecule has 6 heteroatoms. The first-order valence-electron chi connectivity index (χ1n) is 5.60. The Hall–Kier alpha value is -2.11. The van der Waals surface area contributed by atoms with Crippen LogP contribution < -0.4 is 27.5 Å². The van der Waals surface area contributed by atoms with Crippen molar-refractivity contribution in [1.29, 1.82) is 0 Å². The molecule has 1 heterocycles. The molecule has 0 saturated carbocycles. The van der Waals surface area contributed by atoms with Crippen LogP contribution in [0.4, 0.5) is 11.4 Å². The van der Waals surface area contributed by atoms with E-state index in [1.807, 2.05) is 24.3 Å². The van der Waals surface area contributed by atoms with Gasteiger partial charge in [-0.15, -0.1) is 5.10 Å². The Morgan fingerprint density at radius 1 is 1.29 bits per heavy atom. The zero-order chi connectivity index (χ0) is 12.3. The second kappa shape index (κ2) is 4.82. The largest absolute Gasteiger partial charge is 0.399 e. The topological polar surface area (TPSA) is 106 Å². The first-order valence-corrected chi connectivity index (χ1v) is 5.60. The first-order chi connectivity index (χ1) is 8.15. The minimum Gasteiger partial charge on any atom is -0.399 e. The maximum Gasteiger partial charge on any atom is 0.208 e. The van der Waals surface area contributed by atoms with Gasteiger partial charge in [-0.1, -0.05) is 0 Å². The Morgan fingerprint density at radius 3 is 2.65 bits per heavy atom. The van der Waals surface area contributed by atoms with E-state index in [0.29, 0.717) is 0 Å². The lowest BCUT2D eigenvalue weighted by Gasteiger charge is -2.18. The molecule has 1 atom stereocenters. The number of nitrogens with two attached hydrogens (primary N) is 3. The smallest absolute Gasteiger partial charge is 0.208 e. The third-order valence-corrected chi connectivity index (χ3v) is 2.82. The fourth-order valence-electron chi connectivity index (χ4n) is 1.95. The number of hydrogen-bond donors (Lipinski definition) is 4. The summed E-state index contributed by atoms with van der Waals surface area (Å²) in [6, 6.07) is 8.16. The van der Waals surface area contributed by atoms with Gasteiger partial charge in [0.25, 0.3) is 0 Å². The van der Waals surface area contributed by atoms with Crippen molar-refractivity contribution in [3.63, 3.8) is 0 Å². The molecule has 1 aromatic carbocycles. The average Bonchev–Trinajstić information content (AvgIpc) is 2.76. The van der Waals surface area contributed by atoms with Crippen molar-refractivity contribution < 1.29 is 0 Å². The lowest BCUT2D eigenvalue weighted by molar-refractivity contribution is 0.576. The summed E-state index contributed by atoms with van der Waals surface area (Å²) in [5.41, 5.74) is 21.1. The van der Waals surface area contributed by atoms with Crippen molar-refractivity contribution >= 4 is 17.3 Å². The Kier molecular flexibility index (Phi) is 3.22. The van der Waals surface area contributed by atoms with Crippen LogP contribution in [0.2, 0.25) is 0 Å². The molecule has 2 rings (SSSR count).